The van der Waals surface area contributed by atoms with Crippen LogP contribution < -0.4 is 16.0 Å². The Morgan fingerprint density at radius 1 is 1.00 bits per heavy atom. The Kier molecular flexibility index (Phi) is 6.55. The van der Waals surface area contributed by atoms with Gasteiger partial charge in [-0.15, -0.1) is 0 Å². The van der Waals surface area contributed by atoms with Crippen molar-refractivity contribution in [2.75, 3.05) is 13.7 Å². The average Bonchev–Trinajstić information content (AvgIpc) is 2.77. The number of ether oxygens (including phenoxy) is 2. The summed E-state index contributed by atoms with van der Waals surface area (Å²) < 4.78 is 24.3. The Bertz CT molecular complexity index is 1040. The van der Waals surface area contributed by atoms with Crippen molar-refractivity contribution in [3.63, 3.8) is 0 Å². The Hall–Kier alpha value is -3.71. The van der Waals surface area contributed by atoms with Crippen molar-refractivity contribution >= 4 is 17.5 Å². The molecule has 6 nitrogen and oxygen atoms in total. The standard InChI is InChI=1S/C22H20FN3O3/c1-28-21(27)14-29-20-13-7-4-9-16(20)15-8-2-3-10-17(15)22(26-24)25-19-12-6-5-11-18(19)23/h2-13H,14,24H2,1H3,(H,25,26). The molecule has 29 heavy (non-hydrogen) atoms. The van der Waals surface area contributed by atoms with Crippen LogP contribution in [0.2, 0.25) is 0 Å². The Morgan fingerprint density at radius 2 is 1.66 bits per heavy atom. The second-order valence-electron chi connectivity index (χ2n) is 5.96. The molecule has 0 unspecified atom stereocenters. The minimum Gasteiger partial charge on any atom is -0.481 e. The van der Waals surface area contributed by atoms with Crippen LogP contribution in [0.4, 0.5) is 10.1 Å². The van der Waals surface area contributed by atoms with Crippen molar-refractivity contribution in [1.29, 1.82) is 0 Å². The van der Waals surface area contributed by atoms with Gasteiger partial charge in [-0.25, -0.2) is 20.0 Å². The topological polar surface area (TPSA) is 85.9 Å². The van der Waals surface area contributed by atoms with E-state index in [4.69, 9.17) is 10.6 Å². The van der Waals surface area contributed by atoms with Gasteiger partial charge in [0.2, 0.25) is 0 Å². The van der Waals surface area contributed by atoms with Gasteiger partial charge in [0.25, 0.3) is 0 Å². The molecule has 0 bridgehead atoms. The van der Waals surface area contributed by atoms with E-state index in [0.717, 1.165) is 11.1 Å². The highest BCUT2D eigenvalue weighted by Crippen LogP contribution is 2.33. The Morgan fingerprint density at radius 3 is 2.38 bits per heavy atom. The van der Waals surface area contributed by atoms with E-state index in [1.807, 2.05) is 36.4 Å². The van der Waals surface area contributed by atoms with Gasteiger partial charge in [0, 0.05) is 11.1 Å². The third-order valence-electron chi connectivity index (χ3n) is 4.15. The number of esters is 1. The highest BCUT2D eigenvalue weighted by atomic mass is 19.1. The lowest BCUT2D eigenvalue weighted by Crippen LogP contribution is -2.31. The van der Waals surface area contributed by atoms with Gasteiger partial charge in [0.05, 0.1) is 7.11 Å². The van der Waals surface area contributed by atoms with Crippen LogP contribution in [0.15, 0.2) is 77.8 Å². The molecule has 0 heterocycles. The fourth-order valence-corrected chi connectivity index (χ4v) is 2.77. The number of rotatable bonds is 6. The van der Waals surface area contributed by atoms with Crippen molar-refractivity contribution in [2.45, 2.75) is 0 Å². The van der Waals surface area contributed by atoms with Crippen molar-refractivity contribution in [3.8, 4) is 16.9 Å². The second-order valence-corrected chi connectivity index (χ2v) is 5.96. The summed E-state index contributed by atoms with van der Waals surface area (Å²) in [6.07, 6.45) is 0. The molecule has 0 aliphatic carbocycles. The molecular formula is C22H20FN3O3. The maximum absolute atomic E-state index is 14.1. The Balaban J connectivity index is 2.06. The van der Waals surface area contributed by atoms with E-state index in [2.05, 4.69) is 15.2 Å². The monoisotopic (exact) mass is 393 g/mol. The van der Waals surface area contributed by atoms with Crippen LogP contribution in [0.5, 0.6) is 5.75 Å². The number of aliphatic imine (C=N–C) groups is 1. The molecule has 0 atom stereocenters. The van der Waals surface area contributed by atoms with Crippen LogP contribution >= 0.6 is 0 Å². The number of amidine groups is 1. The third-order valence-corrected chi connectivity index (χ3v) is 4.15. The van der Waals surface area contributed by atoms with Crippen LogP contribution in [-0.2, 0) is 9.53 Å². The lowest BCUT2D eigenvalue weighted by molar-refractivity contribution is -0.142. The zero-order chi connectivity index (χ0) is 20.6. The van der Waals surface area contributed by atoms with Gasteiger partial charge in [-0.1, -0.05) is 54.6 Å². The SMILES string of the molecule is COC(=O)COc1ccccc1-c1ccccc1C(=Nc1ccccc1F)NN. The van der Waals surface area contributed by atoms with Crippen LogP contribution in [0.25, 0.3) is 11.1 Å². The zero-order valence-corrected chi connectivity index (χ0v) is 15.8. The number of carbonyl (C=O) groups is 1. The molecule has 0 fully saturated rings. The molecule has 0 amide bonds. The van der Waals surface area contributed by atoms with Gasteiger partial charge in [-0.05, 0) is 23.8 Å². The van der Waals surface area contributed by atoms with Gasteiger partial charge in [0.1, 0.15) is 23.1 Å². The molecule has 0 saturated carbocycles. The molecule has 0 radical (unpaired) electrons. The molecule has 148 valence electrons. The molecule has 7 heteroatoms. The number of nitrogens with one attached hydrogen (secondary N) is 1. The molecule has 0 aliphatic heterocycles. The Labute approximate surface area is 167 Å². The van der Waals surface area contributed by atoms with E-state index in [1.54, 1.807) is 30.3 Å². The zero-order valence-electron chi connectivity index (χ0n) is 15.8. The number of carbonyl (C=O) groups excluding carboxylic acids is 1. The van der Waals surface area contributed by atoms with E-state index in [9.17, 15) is 9.18 Å². The number of hydrazine groups is 1. The first kappa shape index (κ1) is 20.0. The summed E-state index contributed by atoms with van der Waals surface area (Å²) >= 11 is 0. The lowest BCUT2D eigenvalue weighted by Gasteiger charge is -2.15. The minimum atomic E-state index is -0.487. The second kappa shape index (κ2) is 9.48. The molecule has 0 aliphatic rings. The maximum atomic E-state index is 14.1. The quantitative estimate of drug-likeness (QED) is 0.220. The van der Waals surface area contributed by atoms with Crippen LogP contribution in [0.3, 0.4) is 0 Å². The van der Waals surface area contributed by atoms with E-state index >= 15 is 0 Å². The fourth-order valence-electron chi connectivity index (χ4n) is 2.77. The smallest absolute Gasteiger partial charge is 0.343 e. The normalized spacial score (nSPS) is 11.1. The fraction of sp³-hybridized carbons (Fsp3) is 0.0909. The molecular weight excluding hydrogens is 373 g/mol. The van der Waals surface area contributed by atoms with Gasteiger partial charge in [0.15, 0.2) is 6.61 Å². The predicted molar refractivity (Wildman–Crippen MR) is 109 cm³/mol. The molecule has 3 rings (SSSR count). The summed E-state index contributed by atoms with van der Waals surface area (Å²) in [6, 6.07) is 20.8. The van der Waals surface area contributed by atoms with Gasteiger partial charge >= 0.3 is 5.97 Å². The van der Waals surface area contributed by atoms with Crippen LogP contribution in [0, 0.1) is 5.82 Å². The highest BCUT2D eigenvalue weighted by molar-refractivity contribution is 6.05. The summed E-state index contributed by atoms with van der Waals surface area (Å²) in [7, 11) is 1.30. The van der Waals surface area contributed by atoms with Crippen LogP contribution in [0.1, 0.15) is 5.56 Å². The first-order valence-corrected chi connectivity index (χ1v) is 8.82. The van der Waals surface area contributed by atoms with Crippen molar-refractivity contribution in [1.82, 2.24) is 5.43 Å². The number of hydrogen-bond acceptors (Lipinski definition) is 5. The minimum absolute atomic E-state index is 0.158. The number of para-hydroxylation sites is 2. The number of hydrogen-bond donors (Lipinski definition) is 2. The number of nitrogens with two attached hydrogens (primary N) is 1. The first-order valence-electron chi connectivity index (χ1n) is 8.82. The molecule has 0 aromatic heterocycles. The number of halogens is 1. The average molecular weight is 393 g/mol. The first-order chi connectivity index (χ1) is 14.1. The highest BCUT2D eigenvalue weighted by Gasteiger charge is 2.15. The number of nitrogens with zero attached hydrogens (tertiary/aromatic N) is 1. The summed E-state index contributed by atoms with van der Waals surface area (Å²) in [6.45, 7) is -0.221. The molecule has 0 spiro atoms. The molecule has 3 aromatic carbocycles. The number of methoxy groups -OCH3 is 1. The van der Waals surface area contributed by atoms with Gasteiger partial charge in [-0.2, -0.15) is 0 Å². The van der Waals surface area contributed by atoms with Crippen molar-refractivity contribution in [2.24, 2.45) is 10.8 Å². The summed E-state index contributed by atoms with van der Waals surface area (Å²) in [4.78, 5) is 15.8. The van der Waals surface area contributed by atoms with E-state index in [0.29, 0.717) is 11.3 Å². The van der Waals surface area contributed by atoms with Crippen molar-refractivity contribution in [3.05, 3.63) is 84.2 Å². The predicted octanol–water partition coefficient (Wildman–Crippen LogP) is 3.59. The van der Waals surface area contributed by atoms with E-state index < -0.39 is 11.8 Å². The van der Waals surface area contributed by atoms with Gasteiger partial charge < -0.3 is 14.9 Å². The summed E-state index contributed by atoms with van der Waals surface area (Å²) in [5.74, 6) is 5.54. The molecule has 0 saturated heterocycles. The summed E-state index contributed by atoms with van der Waals surface area (Å²) in [5, 5.41) is 0. The maximum Gasteiger partial charge on any atom is 0.343 e. The van der Waals surface area contributed by atoms with E-state index in [-0.39, 0.29) is 18.1 Å². The molecule has 3 N–H and O–H groups in total. The van der Waals surface area contributed by atoms with Crippen LogP contribution in [-0.4, -0.2) is 25.5 Å². The lowest BCUT2D eigenvalue weighted by atomic mass is 9.98. The van der Waals surface area contributed by atoms with Gasteiger partial charge in [-0.3, -0.25) is 0 Å². The third kappa shape index (κ3) is 4.77. The molecule has 3 aromatic rings. The number of benzene rings is 3. The summed E-state index contributed by atoms with van der Waals surface area (Å²) in [5.41, 5.74) is 4.83. The van der Waals surface area contributed by atoms with Crippen molar-refractivity contribution < 1.29 is 18.7 Å². The largest absolute Gasteiger partial charge is 0.481 e. The van der Waals surface area contributed by atoms with E-state index in [1.165, 1.54) is 13.2 Å².